The molecule has 0 N–H and O–H groups in total. The predicted octanol–water partition coefficient (Wildman–Crippen LogP) is 2.14. The summed E-state index contributed by atoms with van der Waals surface area (Å²) in [6, 6.07) is 0. The van der Waals surface area contributed by atoms with E-state index in [-0.39, 0.29) is 17.1 Å². The van der Waals surface area contributed by atoms with Gasteiger partial charge in [-0.25, -0.2) is 0 Å². The zero-order chi connectivity index (χ0) is 11.1. The Bertz CT molecular complexity index is 260. The Hall–Kier alpha value is -0.410. The summed E-state index contributed by atoms with van der Waals surface area (Å²) in [5, 5.41) is 0. The van der Waals surface area contributed by atoms with E-state index in [1.165, 1.54) is 0 Å². The second-order valence-electron chi connectivity index (χ2n) is 5.70. The van der Waals surface area contributed by atoms with Crippen LogP contribution in [0.5, 0.6) is 0 Å². The summed E-state index contributed by atoms with van der Waals surface area (Å²) in [6.07, 6.45) is 2.53. The summed E-state index contributed by atoms with van der Waals surface area (Å²) >= 11 is 0. The number of Topliss-reactive ketones (excluding diaryl/α,β-unsaturated/α-hetero) is 1. The first kappa shape index (κ1) is 11.1. The minimum atomic E-state index is -0.439. The number of ether oxygens (including phenoxy) is 2. The fraction of sp³-hybridized carbons (Fsp3) is 0.917. The molecule has 86 valence electrons. The number of carbonyl (C=O) groups excluding carboxylic acids is 1. The second kappa shape index (κ2) is 3.56. The fourth-order valence-electron chi connectivity index (χ4n) is 2.32. The number of rotatable bonds is 1. The summed E-state index contributed by atoms with van der Waals surface area (Å²) in [5.74, 6) is -0.0265. The maximum Gasteiger partial charge on any atom is 0.169 e. The van der Waals surface area contributed by atoms with Crippen molar-refractivity contribution in [3.8, 4) is 0 Å². The molecule has 0 amide bonds. The molecule has 2 fully saturated rings. The Kier molecular flexibility index (Phi) is 2.63. The van der Waals surface area contributed by atoms with Crippen molar-refractivity contribution in [1.29, 1.82) is 0 Å². The van der Waals surface area contributed by atoms with E-state index in [1.54, 1.807) is 6.92 Å². The van der Waals surface area contributed by atoms with Crippen molar-refractivity contribution in [2.75, 3.05) is 13.2 Å². The molecule has 15 heavy (non-hydrogen) atoms. The maximum absolute atomic E-state index is 11.3. The fourth-order valence-corrected chi connectivity index (χ4v) is 2.32. The first-order valence-corrected chi connectivity index (χ1v) is 5.71. The van der Waals surface area contributed by atoms with E-state index in [9.17, 15) is 4.79 Å². The van der Waals surface area contributed by atoms with Crippen molar-refractivity contribution >= 4 is 5.78 Å². The zero-order valence-electron chi connectivity index (χ0n) is 9.84. The van der Waals surface area contributed by atoms with Crippen molar-refractivity contribution in [2.45, 2.75) is 45.8 Å². The molecule has 2 rings (SSSR count). The molecule has 1 atom stereocenters. The number of ketones is 1. The monoisotopic (exact) mass is 212 g/mol. The van der Waals surface area contributed by atoms with Crippen molar-refractivity contribution in [1.82, 2.24) is 0 Å². The summed E-state index contributed by atoms with van der Waals surface area (Å²) in [5.41, 5.74) is 0.111. The Balaban J connectivity index is 1.98. The first-order valence-electron chi connectivity index (χ1n) is 5.71. The molecule has 2 aliphatic rings. The van der Waals surface area contributed by atoms with Gasteiger partial charge in [-0.1, -0.05) is 13.8 Å². The minimum Gasteiger partial charge on any atom is -0.349 e. The predicted molar refractivity (Wildman–Crippen MR) is 56.4 cm³/mol. The van der Waals surface area contributed by atoms with Crippen molar-refractivity contribution in [3.05, 3.63) is 0 Å². The molecule has 1 saturated carbocycles. The van der Waals surface area contributed by atoms with E-state index in [1.807, 2.05) is 0 Å². The van der Waals surface area contributed by atoms with Crippen LogP contribution in [0.15, 0.2) is 0 Å². The van der Waals surface area contributed by atoms with Gasteiger partial charge in [-0.05, 0) is 13.3 Å². The van der Waals surface area contributed by atoms with Crippen LogP contribution in [0.2, 0.25) is 0 Å². The molecular weight excluding hydrogens is 192 g/mol. The second-order valence-corrected chi connectivity index (χ2v) is 5.70. The Morgan fingerprint density at radius 2 is 1.87 bits per heavy atom. The van der Waals surface area contributed by atoms with Gasteiger partial charge in [-0.2, -0.15) is 0 Å². The topological polar surface area (TPSA) is 35.5 Å². The van der Waals surface area contributed by atoms with Gasteiger partial charge in [0.1, 0.15) is 5.78 Å². The maximum atomic E-state index is 11.3. The van der Waals surface area contributed by atoms with E-state index in [4.69, 9.17) is 9.47 Å². The van der Waals surface area contributed by atoms with Crippen LogP contribution in [0.4, 0.5) is 0 Å². The number of hydrogen-bond acceptors (Lipinski definition) is 3. The van der Waals surface area contributed by atoms with Gasteiger partial charge in [0, 0.05) is 24.2 Å². The van der Waals surface area contributed by atoms with Crippen LogP contribution < -0.4 is 0 Å². The molecule has 1 saturated heterocycles. The summed E-state index contributed by atoms with van der Waals surface area (Å²) in [7, 11) is 0. The molecular formula is C12H20O3. The summed E-state index contributed by atoms with van der Waals surface area (Å²) in [6.45, 7) is 7.40. The molecule has 0 radical (unpaired) electrons. The highest BCUT2D eigenvalue weighted by Crippen LogP contribution is 2.43. The highest BCUT2D eigenvalue weighted by atomic mass is 16.7. The first-order chi connectivity index (χ1) is 6.93. The molecule has 1 aliphatic carbocycles. The third-order valence-corrected chi connectivity index (χ3v) is 3.46. The van der Waals surface area contributed by atoms with Gasteiger partial charge in [0.05, 0.1) is 13.2 Å². The average Bonchev–Trinajstić information content (AvgIpc) is 2.56. The van der Waals surface area contributed by atoms with Gasteiger partial charge in [-0.3, -0.25) is 4.79 Å². The molecule has 0 unspecified atom stereocenters. The molecule has 3 nitrogen and oxygen atoms in total. The van der Waals surface area contributed by atoms with Gasteiger partial charge < -0.3 is 9.47 Å². The Morgan fingerprint density at radius 3 is 2.33 bits per heavy atom. The van der Waals surface area contributed by atoms with Crippen LogP contribution in [0.25, 0.3) is 0 Å². The molecule has 1 heterocycles. The van der Waals surface area contributed by atoms with Crippen molar-refractivity contribution in [3.63, 3.8) is 0 Å². The van der Waals surface area contributed by atoms with Gasteiger partial charge in [0.2, 0.25) is 0 Å². The highest BCUT2D eigenvalue weighted by molar-refractivity contribution is 5.78. The van der Waals surface area contributed by atoms with Gasteiger partial charge in [0.15, 0.2) is 5.79 Å². The largest absolute Gasteiger partial charge is 0.349 e. The van der Waals surface area contributed by atoms with Crippen LogP contribution in [-0.2, 0) is 14.3 Å². The lowest BCUT2D eigenvalue weighted by atomic mass is 9.94. The number of carbonyl (C=O) groups is 1. The lowest BCUT2D eigenvalue weighted by Crippen LogP contribution is -2.46. The highest BCUT2D eigenvalue weighted by Gasteiger charge is 2.47. The molecule has 0 bridgehead atoms. The third-order valence-electron chi connectivity index (χ3n) is 3.46. The SMILES string of the molecule is CC(=O)[C@@H]1CCC2(C1)OCC(C)(C)CO2. The minimum absolute atomic E-state index is 0.111. The van der Waals surface area contributed by atoms with Gasteiger partial charge >= 0.3 is 0 Å². The molecule has 1 aliphatic heterocycles. The quantitative estimate of drug-likeness (QED) is 0.668. The normalized spacial score (nSPS) is 33.1. The summed E-state index contributed by atoms with van der Waals surface area (Å²) < 4.78 is 11.7. The van der Waals surface area contributed by atoms with E-state index >= 15 is 0 Å². The number of hydrogen-bond donors (Lipinski definition) is 0. The van der Waals surface area contributed by atoms with Crippen molar-refractivity contribution < 1.29 is 14.3 Å². The molecule has 0 aromatic heterocycles. The van der Waals surface area contributed by atoms with Crippen LogP contribution in [0, 0.1) is 11.3 Å². The summed E-state index contributed by atoms with van der Waals surface area (Å²) in [4.78, 5) is 11.3. The lowest BCUT2D eigenvalue weighted by Gasteiger charge is -2.41. The molecule has 3 heteroatoms. The Morgan fingerprint density at radius 1 is 1.27 bits per heavy atom. The van der Waals surface area contributed by atoms with Gasteiger partial charge in [-0.15, -0.1) is 0 Å². The standard InChI is InChI=1S/C12H20O3/c1-9(13)10-4-5-12(6-10)14-7-11(2,3)8-15-12/h10H,4-8H2,1-3H3/t10-/m1/s1. The van der Waals surface area contributed by atoms with Crippen LogP contribution >= 0.6 is 0 Å². The van der Waals surface area contributed by atoms with E-state index < -0.39 is 5.79 Å². The molecule has 0 aromatic rings. The van der Waals surface area contributed by atoms with Gasteiger partial charge in [0.25, 0.3) is 0 Å². The molecule has 0 aromatic carbocycles. The van der Waals surface area contributed by atoms with Crippen LogP contribution in [-0.4, -0.2) is 24.8 Å². The lowest BCUT2D eigenvalue weighted by molar-refractivity contribution is -0.295. The smallest absolute Gasteiger partial charge is 0.169 e. The zero-order valence-corrected chi connectivity index (χ0v) is 9.84. The van der Waals surface area contributed by atoms with Crippen molar-refractivity contribution in [2.24, 2.45) is 11.3 Å². The van der Waals surface area contributed by atoms with Crippen LogP contribution in [0.3, 0.4) is 0 Å². The average molecular weight is 212 g/mol. The third kappa shape index (κ3) is 2.23. The van der Waals surface area contributed by atoms with E-state index in [0.29, 0.717) is 0 Å². The van der Waals surface area contributed by atoms with E-state index in [2.05, 4.69) is 13.8 Å². The van der Waals surface area contributed by atoms with Crippen LogP contribution in [0.1, 0.15) is 40.0 Å². The molecule has 1 spiro atoms. The van der Waals surface area contributed by atoms with E-state index in [0.717, 1.165) is 32.5 Å². The Labute approximate surface area is 91.1 Å².